The van der Waals surface area contributed by atoms with E-state index in [9.17, 15) is 14.9 Å². The minimum atomic E-state index is -0.549. The summed E-state index contributed by atoms with van der Waals surface area (Å²) >= 11 is 6.80. The second-order valence-corrected chi connectivity index (χ2v) is 5.51. The molecule has 0 unspecified atom stereocenters. The molecule has 116 valence electrons. The normalized spacial score (nSPS) is 10.1. The molecule has 1 aromatic carbocycles. The molecule has 1 amide bonds. The van der Waals surface area contributed by atoms with Crippen LogP contribution in [0.2, 0.25) is 5.02 Å². The number of hydrogen-bond donors (Lipinski definition) is 1. The molecule has 1 N–H and O–H groups in total. The number of halogens is 1. The van der Waals surface area contributed by atoms with E-state index < -0.39 is 10.8 Å². The molecule has 7 nitrogen and oxygen atoms in total. The molecular formula is C13H11ClN2O5S. The van der Waals surface area contributed by atoms with Gasteiger partial charge in [-0.3, -0.25) is 14.9 Å². The second kappa shape index (κ2) is 6.63. The van der Waals surface area contributed by atoms with Crippen LogP contribution >= 0.6 is 22.9 Å². The van der Waals surface area contributed by atoms with E-state index >= 15 is 0 Å². The Kier molecular flexibility index (Phi) is 4.84. The van der Waals surface area contributed by atoms with Crippen molar-refractivity contribution >= 4 is 39.5 Å². The van der Waals surface area contributed by atoms with Crippen LogP contribution in [-0.2, 0) is 0 Å². The standard InChI is InChI=1S/C13H11ClN2O5S/c1-20-9-6-10(21-2)8(5-7(9)14)15-13(17)11-3-4-12(22-11)16(18)19/h3-6H,1-2H3,(H,15,17). The first-order valence-corrected chi connectivity index (χ1v) is 7.12. The summed E-state index contributed by atoms with van der Waals surface area (Å²) in [5.74, 6) is 0.279. The molecular weight excluding hydrogens is 332 g/mol. The number of hydrogen-bond acceptors (Lipinski definition) is 6. The Morgan fingerprint density at radius 3 is 2.50 bits per heavy atom. The lowest BCUT2D eigenvalue weighted by Gasteiger charge is -2.12. The number of nitrogens with zero attached hydrogens (tertiary/aromatic N) is 1. The average molecular weight is 343 g/mol. The first-order chi connectivity index (χ1) is 10.5. The lowest BCUT2D eigenvalue weighted by molar-refractivity contribution is -0.380. The van der Waals surface area contributed by atoms with Crippen molar-refractivity contribution in [2.24, 2.45) is 0 Å². The minimum absolute atomic E-state index is 0.107. The Morgan fingerprint density at radius 1 is 1.27 bits per heavy atom. The Balaban J connectivity index is 2.27. The third-order valence-corrected chi connectivity index (χ3v) is 4.05. The lowest BCUT2D eigenvalue weighted by Crippen LogP contribution is -2.11. The summed E-state index contributed by atoms with van der Waals surface area (Å²) in [6.07, 6.45) is 0. The van der Waals surface area contributed by atoms with Crippen LogP contribution in [0.25, 0.3) is 0 Å². The molecule has 0 spiro atoms. The van der Waals surface area contributed by atoms with Crippen LogP contribution in [0.1, 0.15) is 9.67 Å². The molecule has 22 heavy (non-hydrogen) atoms. The number of methoxy groups -OCH3 is 2. The first-order valence-electron chi connectivity index (χ1n) is 5.93. The zero-order valence-corrected chi connectivity index (χ0v) is 13.2. The van der Waals surface area contributed by atoms with Crippen molar-refractivity contribution in [3.05, 3.63) is 44.3 Å². The molecule has 2 aromatic rings. The quantitative estimate of drug-likeness (QED) is 0.662. The third kappa shape index (κ3) is 3.29. The number of carbonyl (C=O) groups is 1. The van der Waals surface area contributed by atoms with Gasteiger partial charge in [-0.25, -0.2) is 0 Å². The van der Waals surface area contributed by atoms with E-state index in [-0.39, 0.29) is 9.88 Å². The van der Waals surface area contributed by atoms with Crippen molar-refractivity contribution in [3.8, 4) is 11.5 Å². The number of nitrogens with one attached hydrogen (secondary N) is 1. The van der Waals surface area contributed by atoms with Crippen LogP contribution in [0.3, 0.4) is 0 Å². The Bertz CT molecular complexity index is 731. The van der Waals surface area contributed by atoms with Gasteiger partial charge in [-0.1, -0.05) is 22.9 Å². The van der Waals surface area contributed by atoms with Gasteiger partial charge in [0.15, 0.2) is 0 Å². The number of carbonyl (C=O) groups excluding carboxylic acids is 1. The summed E-state index contributed by atoms with van der Waals surface area (Å²) in [6.45, 7) is 0. The maximum absolute atomic E-state index is 12.1. The lowest BCUT2D eigenvalue weighted by atomic mass is 10.2. The number of ether oxygens (including phenoxy) is 2. The van der Waals surface area contributed by atoms with Crippen molar-refractivity contribution in [2.75, 3.05) is 19.5 Å². The topological polar surface area (TPSA) is 90.7 Å². The summed E-state index contributed by atoms with van der Waals surface area (Å²) in [6, 6.07) is 5.68. The molecule has 0 aliphatic carbocycles. The molecule has 9 heteroatoms. The maximum atomic E-state index is 12.1. The van der Waals surface area contributed by atoms with Gasteiger partial charge >= 0.3 is 5.00 Å². The van der Waals surface area contributed by atoms with Gasteiger partial charge < -0.3 is 14.8 Å². The molecule has 0 bridgehead atoms. The number of nitro groups is 1. The monoisotopic (exact) mass is 342 g/mol. The van der Waals surface area contributed by atoms with Crippen LogP contribution in [0.4, 0.5) is 10.7 Å². The summed E-state index contributed by atoms with van der Waals surface area (Å²) in [7, 11) is 2.90. The minimum Gasteiger partial charge on any atom is -0.495 e. The highest BCUT2D eigenvalue weighted by molar-refractivity contribution is 7.17. The summed E-state index contributed by atoms with van der Waals surface area (Å²) in [5, 5.41) is 13.4. The van der Waals surface area contributed by atoms with Gasteiger partial charge in [0.1, 0.15) is 11.5 Å². The van der Waals surface area contributed by atoms with Gasteiger partial charge in [0.2, 0.25) is 0 Å². The van der Waals surface area contributed by atoms with Crippen LogP contribution in [0, 0.1) is 10.1 Å². The van der Waals surface area contributed by atoms with E-state index in [1.54, 1.807) is 0 Å². The molecule has 0 saturated heterocycles. The predicted octanol–water partition coefficient (Wildman–Crippen LogP) is 3.58. The average Bonchev–Trinajstić information content (AvgIpc) is 2.97. The van der Waals surface area contributed by atoms with Crippen molar-refractivity contribution < 1.29 is 19.2 Å². The van der Waals surface area contributed by atoms with E-state index in [0.29, 0.717) is 22.2 Å². The molecule has 0 saturated carbocycles. The smallest absolute Gasteiger partial charge is 0.324 e. The van der Waals surface area contributed by atoms with Gasteiger partial charge in [-0.2, -0.15) is 0 Å². The number of rotatable bonds is 5. The fraction of sp³-hybridized carbons (Fsp3) is 0.154. The summed E-state index contributed by atoms with van der Waals surface area (Å²) < 4.78 is 10.2. The van der Waals surface area contributed by atoms with Crippen LogP contribution in [0.5, 0.6) is 11.5 Å². The maximum Gasteiger partial charge on any atom is 0.324 e. The largest absolute Gasteiger partial charge is 0.495 e. The van der Waals surface area contributed by atoms with Crippen LogP contribution in [-0.4, -0.2) is 25.1 Å². The summed E-state index contributed by atoms with van der Waals surface area (Å²) in [4.78, 5) is 22.4. The van der Waals surface area contributed by atoms with Gasteiger partial charge in [0.05, 0.1) is 34.7 Å². The van der Waals surface area contributed by atoms with E-state index in [1.165, 1.54) is 38.5 Å². The molecule has 0 aliphatic rings. The molecule has 0 fully saturated rings. The number of amides is 1. The molecule has 0 radical (unpaired) electrons. The number of anilines is 1. The van der Waals surface area contributed by atoms with Crippen molar-refractivity contribution in [1.29, 1.82) is 0 Å². The molecule has 1 aromatic heterocycles. The Hall–Kier alpha value is -2.32. The van der Waals surface area contributed by atoms with Crippen molar-refractivity contribution in [2.45, 2.75) is 0 Å². The highest BCUT2D eigenvalue weighted by atomic mass is 35.5. The van der Waals surface area contributed by atoms with E-state index in [0.717, 1.165) is 11.3 Å². The van der Waals surface area contributed by atoms with E-state index in [4.69, 9.17) is 21.1 Å². The third-order valence-electron chi connectivity index (χ3n) is 2.72. The number of thiophene rings is 1. The zero-order valence-electron chi connectivity index (χ0n) is 11.6. The fourth-order valence-electron chi connectivity index (χ4n) is 1.69. The van der Waals surface area contributed by atoms with Crippen LogP contribution in [0.15, 0.2) is 24.3 Å². The van der Waals surface area contributed by atoms with Crippen LogP contribution < -0.4 is 14.8 Å². The highest BCUT2D eigenvalue weighted by Gasteiger charge is 2.18. The fourth-order valence-corrected chi connectivity index (χ4v) is 2.65. The Morgan fingerprint density at radius 2 is 1.95 bits per heavy atom. The molecule has 2 rings (SSSR count). The van der Waals surface area contributed by atoms with Gasteiger partial charge in [0.25, 0.3) is 5.91 Å². The second-order valence-electron chi connectivity index (χ2n) is 4.04. The van der Waals surface area contributed by atoms with Crippen molar-refractivity contribution in [3.63, 3.8) is 0 Å². The van der Waals surface area contributed by atoms with Gasteiger partial charge in [-0.15, -0.1) is 0 Å². The van der Waals surface area contributed by atoms with E-state index in [1.807, 2.05) is 0 Å². The van der Waals surface area contributed by atoms with Crippen molar-refractivity contribution in [1.82, 2.24) is 0 Å². The number of benzene rings is 1. The molecule has 1 heterocycles. The Labute approximate surface area is 134 Å². The molecule has 0 aliphatic heterocycles. The first kappa shape index (κ1) is 16.1. The summed E-state index contributed by atoms with van der Waals surface area (Å²) in [5.41, 5.74) is 0.342. The van der Waals surface area contributed by atoms with Gasteiger partial charge in [-0.05, 0) is 12.1 Å². The zero-order chi connectivity index (χ0) is 16.3. The SMILES string of the molecule is COc1cc(OC)c(NC(=O)c2ccc([N+](=O)[O-])s2)cc1Cl. The van der Waals surface area contributed by atoms with Gasteiger partial charge in [0, 0.05) is 12.1 Å². The highest BCUT2D eigenvalue weighted by Crippen LogP contribution is 2.36. The van der Waals surface area contributed by atoms with E-state index in [2.05, 4.69) is 5.32 Å². The molecule has 0 atom stereocenters. The predicted molar refractivity (Wildman–Crippen MR) is 83.5 cm³/mol.